The topological polar surface area (TPSA) is 66.4 Å². The lowest BCUT2D eigenvalue weighted by molar-refractivity contribution is -0.142. The van der Waals surface area contributed by atoms with Gasteiger partial charge in [0.2, 0.25) is 5.91 Å². The van der Waals surface area contributed by atoms with E-state index in [1.165, 1.54) is 23.5 Å². The Morgan fingerprint density at radius 1 is 1.35 bits per heavy atom. The van der Waals surface area contributed by atoms with Gasteiger partial charge in [0.1, 0.15) is 6.04 Å². The fraction of sp³-hybridized carbons (Fsp3) is 0.579. The van der Waals surface area contributed by atoms with Gasteiger partial charge in [-0.3, -0.25) is 4.79 Å². The fourth-order valence-corrected chi connectivity index (χ4v) is 1.64. The zero-order valence-corrected chi connectivity index (χ0v) is 11.8. The summed E-state index contributed by atoms with van der Waals surface area (Å²) in [7, 11) is 0. The summed E-state index contributed by atoms with van der Waals surface area (Å²) in [6.07, 6.45) is -20.7. The van der Waals surface area contributed by atoms with Crippen molar-refractivity contribution in [3.63, 3.8) is 0 Å². The number of hydrogen-bond donors (Lipinski definition) is 2. The molecule has 1 fully saturated rings. The highest BCUT2D eigenvalue weighted by Gasteiger charge is 2.30. The van der Waals surface area contributed by atoms with E-state index in [-0.39, 0.29) is 5.56 Å². The number of hydrogen-bond acceptors (Lipinski definition) is 2. The maximum atomic E-state index is 13.5. The predicted molar refractivity (Wildman–Crippen MR) is 90.0 cm³/mol. The fourth-order valence-electron chi connectivity index (χ4n) is 1.64. The molecule has 1 aromatic carbocycles. The summed E-state index contributed by atoms with van der Waals surface area (Å²) >= 11 is 0. The number of benzene rings is 1. The van der Waals surface area contributed by atoms with E-state index in [0.717, 1.165) is 12.1 Å². The average Bonchev–Trinajstić information content (AvgIpc) is 2.78. The number of carboxylic acids is 1. The quantitative estimate of drug-likeness (QED) is 0.838. The Labute approximate surface area is 163 Å². The average molecular weight is 336 g/mol. The molecular formula is C19H27NO3. The molecular weight excluding hydrogens is 290 g/mol. The van der Waals surface area contributed by atoms with Crippen LogP contribution in [-0.4, -0.2) is 23.0 Å². The Hall–Kier alpha value is -1.84. The molecule has 2 rings (SSSR count). The van der Waals surface area contributed by atoms with Crippen LogP contribution in [0.4, 0.5) is 0 Å². The van der Waals surface area contributed by atoms with E-state index in [2.05, 4.69) is 0 Å². The standard InChI is InChI=1S/C19H27NO3/c1-13(2)15-8-10-16(11-9-15)18(21)20-17(19(22)23)12-14-6-4-3-5-7-14/h3-7,13,15-17H,8-12H2,1-2H3,(H,20,21)(H,22,23)/t15?,16?,17-/m1/s1/i1D3,2D3,8D2,9D2,10D2,11D2,12D2,15D,16D. The van der Waals surface area contributed by atoms with Gasteiger partial charge >= 0.3 is 5.97 Å². The van der Waals surface area contributed by atoms with Crippen LogP contribution in [0.25, 0.3) is 0 Å². The maximum absolute atomic E-state index is 13.5. The van der Waals surface area contributed by atoms with Crippen LogP contribution in [-0.2, 0) is 16.0 Å². The second-order valence-corrected chi connectivity index (χ2v) is 4.48. The first-order valence-electron chi connectivity index (χ1n) is 15.5. The van der Waals surface area contributed by atoms with Crippen molar-refractivity contribution in [3.05, 3.63) is 35.9 Å². The Morgan fingerprint density at radius 3 is 2.57 bits per heavy atom. The summed E-state index contributed by atoms with van der Waals surface area (Å²) in [5.74, 6) is -16.6. The zero-order chi connectivity index (χ0) is 32.6. The van der Waals surface area contributed by atoms with Gasteiger partial charge in [0, 0.05) is 36.9 Å². The largest absolute Gasteiger partial charge is 0.480 e. The van der Waals surface area contributed by atoms with Crippen LogP contribution in [0.2, 0.25) is 0 Å². The highest BCUT2D eigenvalue weighted by Crippen LogP contribution is 2.33. The lowest BCUT2D eigenvalue weighted by atomic mass is 9.76. The zero-order valence-electron chi connectivity index (χ0n) is 29.8. The van der Waals surface area contributed by atoms with E-state index in [0.29, 0.717) is 0 Å². The number of carboxylic acid groups (broad SMARTS) is 1. The van der Waals surface area contributed by atoms with Crippen molar-refractivity contribution in [2.75, 3.05) is 0 Å². The van der Waals surface area contributed by atoms with Crippen LogP contribution in [0.15, 0.2) is 30.3 Å². The van der Waals surface area contributed by atoms with Gasteiger partial charge in [0.05, 0.1) is 0 Å². The number of carbonyl (C=O) groups excluding carboxylic acids is 1. The predicted octanol–water partition coefficient (Wildman–Crippen LogP) is 3.26. The molecule has 2 N–H and O–H groups in total. The first-order chi connectivity index (χ1) is 17.9. The Morgan fingerprint density at radius 2 is 2.00 bits per heavy atom. The number of nitrogens with one attached hydrogen (secondary N) is 1. The van der Waals surface area contributed by atoms with Crippen molar-refractivity contribution in [1.82, 2.24) is 5.32 Å². The van der Waals surface area contributed by atoms with E-state index in [1.807, 2.05) is 0 Å². The van der Waals surface area contributed by atoms with Gasteiger partial charge in [0.25, 0.3) is 0 Å². The van der Waals surface area contributed by atoms with Gasteiger partial charge in [-0.1, -0.05) is 44.0 Å². The molecule has 0 saturated heterocycles. The number of rotatable bonds is 6. The lowest BCUT2D eigenvalue weighted by Gasteiger charge is -2.30. The van der Waals surface area contributed by atoms with Gasteiger partial charge in [-0.25, -0.2) is 4.79 Å². The SMILES string of the molecule is [2H]C([2H])([2H])C(C([2H])([2H])[2H])C1([2H])C([2H])([2H])C([2H])([2H])C([2H])(C(=O)N[C@@H](C(=O)O)C([2H])([2H])c2ccccc2)C([2H])([2H])C1([2H])[2H]. The lowest BCUT2D eigenvalue weighted by Crippen LogP contribution is -2.45. The van der Waals surface area contributed by atoms with Gasteiger partial charge in [-0.05, 0) is 42.9 Å². The van der Waals surface area contributed by atoms with E-state index in [4.69, 9.17) is 24.7 Å². The van der Waals surface area contributed by atoms with E-state index in [9.17, 15) is 14.7 Å². The molecule has 0 spiro atoms. The Bertz CT molecular complexity index is 1130. The Kier molecular flexibility index (Phi) is 1.89. The number of amides is 1. The highest BCUT2D eigenvalue weighted by molar-refractivity contribution is 5.85. The number of carbonyl (C=O) groups is 2. The summed E-state index contributed by atoms with van der Waals surface area (Å²) in [5, 5.41) is 11.2. The van der Waals surface area contributed by atoms with Crippen molar-refractivity contribution in [1.29, 1.82) is 0 Å². The molecule has 1 aliphatic carbocycles. The van der Waals surface area contributed by atoms with Gasteiger partial charge < -0.3 is 10.4 Å². The maximum Gasteiger partial charge on any atom is 0.326 e. The summed E-state index contributed by atoms with van der Waals surface area (Å²) in [6.45, 7) is -7.82. The molecule has 1 atom stereocenters. The van der Waals surface area contributed by atoms with Gasteiger partial charge in [0.15, 0.2) is 0 Å². The minimum Gasteiger partial charge on any atom is -0.480 e. The van der Waals surface area contributed by atoms with Gasteiger partial charge in [-0.2, -0.15) is 0 Å². The van der Waals surface area contributed by atoms with Crippen LogP contribution in [0.5, 0.6) is 0 Å². The third-order valence-corrected chi connectivity index (χ3v) is 2.77. The Balaban J connectivity index is 2.87. The summed E-state index contributed by atoms with van der Waals surface area (Å²) in [6, 6.07) is 3.62. The molecule has 0 unspecified atom stereocenters. The van der Waals surface area contributed by atoms with E-state index < -0.39 is 81.2 Å². The summed E-state index contributed by atoms with van der Waals surface area (Å²) in [4.78, 5) is 25.5. The minimum atomic E-state index is -4.43. The summed E-state index contributed by atoms with van der Waals surface area (Å²) < 4.78 is 147. The molecule has 1 amide bonds. The van der Waals surface area contributed by atoms with Crippen molar-refractivity contribution in [3.8, 4) is 0 Å². The molecule has 0 aromatic heterocycles. The minimum absolute atomic E-state index is 0.338. The second-order valence-electron chi connectivity index (χ2n) is 4.48. The highest BCUT2D eigenvalue weighted by atomic mass is 16.4. The molecule has 0 bridgehead atoms. The molecule has 0 heterocycles. The van der Waals surface area contributed by atoms with E-state index in [1.54, 1.807) is 0 Å². The smallest absolute Gasteiger partial charge is 0.326 e. The number of aliphatic carboxylic acids is 1. The van der Waals surface area contributed by atoms with Crippen LogP contribution in [0, 0.1) is 17.7 Å². The van der Waals surface area contributed by atoms with Crippen LogP contribution >= 0.6 is 0 Å². The van der Waals surface area contributed by atoms with Crippen molar-refractivity contribution >= 4 is 11.9 Å². The molecule has 1 aromatic rings. The van der Waals surface area contributed by atoms with Crippen molar-refractivity contribution in [2.45, 2.75) is 51.6 Å². The van der Waals surface area contributed by atoms with Crippen molar-refractivity contribution < 1.29 is 39.4 Å². The molecule has 4 nitrogen and oxygen atoms in total. The molecule has 0 aliphatic heterocycles. The molecule has 1 aliphatic rings. The first kappa shape index (κ1) is 5.33. The summed E-state index contributed by atoms with van der Waals surface area (Å²) in [5.41, 5.74) is -0.338. The molecule has 0 radical (unpaired) electrons. The van der Waals surface area contributed by atoms with E-state index >= 15 is 0 Å². The molecule has 126 valence electrons. The van der Waals surface area contributed by atoms with Gasteiger partial charge in [-0.15, -0.1) is 0 Å². The van der Waals surface area contributed by atoms with Crippen molar-refractivity contribution in [2.24, 2.45) is 17.7 Å². The molecule has 1 saturated carbocycles. The first-order valence-corrected chi connectivity index (χ1v) is 6.52. The van der Waals surface area contributed by atoms with Crippen LogP contribution < -0.4 is 5.32 Å². The monoisotopic (exact) mass is 335 g/mol. The molecule has 23 heavy (non-hydrogen) atoms. The van der Waals surface area contributed by atoms with Crippen LogP contribution in [0.1, 0.15) is 69.4 Å². The normalized spacial score (nSPS) is 51.0. The third kappa shape index (κ3) is 5.08. The molecule has 4 heteroatoms. The third-order valence-electron chi connectivity index (χ3n) is 2.77. The van der Waals surface area contributed by atoms with Crippen LogP contribution in [0.3, 0.4) is 0 Å². The second kappa shape index (κ2) is 8.14.